The summed E-state index contributed by atoms with van der Waals surface area (Å²) in [5.74, 6) is 2.43. The van der Waals surface area contributed by atoms with Gasteiger partial charge < -0.3 is 15.3 Å². The monoisotopic (exact) mass is 450 g/mol. The van der Waals surface area contributed by atoms with Crippen LogP contribution >= 0.6 is 0 Å². The summed E-state index contributed by atoms with van der Waals surface area (Å²) in [7, 11) is -1.02. The second kappa shape index (κ2) is 7.00. The first kappa shape index (κ1) is 19.5. The molecule has 3 aliphatic carbocycles. The van der Waals surface area contributed by atoms with Gasteiger partial charge in [0.15, 0.2) is 0 Å². The van der Waals surface area contributed by atoms with Crippen molar-refractivity contribution in [3.05, 3.63) is 40.6 Å². The molecule has 2 aliphatic heterocycles. The molecule has 6 nitrogen and oxygen atoms in total. The van der Waals surface area contributed by atoms with Crippen LogP contribution in [0.5, 0.6) is 0 Å². The van der Waals surface area contributed by atoms with E-state index in [-0.39, 0.29) is 17.4 Å². The van der Waals surface area contributed by atoms with Crippen LogP contribution in [0.3, 0.4) is 0 Å². The SMILES string of the molecule is O=[S@@]1c2c(NC3(CO)CCC3)nc(N3CCC(c4ccc5c(c4)CC5)CC3)nc2C2CC21. The molecule has 7 heteroatoms. The number of anilines is 2. The maximum absolute atomic E-state index is 13.0. The smallest absolute Gasteiger partial charge is 0.227 e. The molecule has 0 bridgehead atoms. The lowest BCUT2D eigenvalue weighted by atomic mass is 9.77. The standard InChI is InChI=1S/C25H30N4O2S/c30-14-25(8-1-9-25)28-23-22-21(19-13-20(19)32(22)31)26-24(27-23)29-10-6-16(7-11-29)18-5-3-15-2-4-17(15)12-18/h3,5,12,16,19-20,30H,1-2,4,6-11,13-14H2,(H,26,27,28)/t19?,20?,32-/m0/s1. The van der Waals surface area contributed by atoms with Crippen LogP contribution in [0.2, 0.25) is 0 Å². The van der Waals surface area contributed by atoms with E-state index in [0.717, 1.165) is 68.2 Å². The molecule has 2 aromatic rings. The van der Waals surface area contributed by atoms with Gasteiger partial charge in [0.2, 0.25) is 5.95 Å². The fraction of sp³-hybridized carbons (Fsp3) is 0.600. The number of aromatic nitrogens is 2. The Morgan fingerprint density at radius 3 is 2.62 bits per heavy atom. The molecular formula is C25H30N4O2S. The van der Waals surface area contributed by atoms with Crippen LogP contribution in [0.25, 0.3) is 0 Å². The Morgan fingerprint density at radius 2 is 1.97 bits per heavy atom. The lowest BCUT2D eigenvalue weighted by molar-refractivity contribution is 0.143. The van der Waals surface area contributed by atoms with E-state index < -0.39 is 10.8 Å². The summed E-state index contributed by atoms with van der Waals surface area (Å²) in [5.41, 5.74) is 5.26. The van der Waals surface area contributed by atoms with E-state index in [2.05, 4.69) is 28.4 Å². The average Bonchev–Trinajstić information content (AvgIpc) is 3.52. The van der Waals surface area contributed by atoms with E-state index in [1.54, 1.807) is 5.56 Å². The maximum Gasteiger partial charge on any atom is 0.227 e. The highest BCUT2D eigenvalue weighted by molar-refractivity contribution is 7.86. The van der Waals surface area contributed by atoms with Gasteiger partial charge in [0.05, 0.1) is 28.6 Å². The quantitative estimate of drug-likeness (QED) is 0.728. The van der Waals surface area contributed by atoms with Gasteiger partial charge in [-0.15, -0.1) is 0 Å². The molecule has 1 aromatic heterocycles. The number of benzene rings is 1. The second-order valence-electron chi connectivity index (χ2n) is 10.5. The minimum atomic E-state index is -1.02. The average molecular weight is 451 g/mol. The van der Waals surface area contributed by atoms with Crippen LogP contribution in [-0.2, 0) is 23.6 Å². The van der Waals surface area contributed by atoms with Crippen LogP contribution in [0, 0.1) is 0 Å². The Labute approximate surface area is 191 Å². The third-order valence-electron chi connectivity index (χ3n) is 8.58. The van der Waals surface area contributed by atoms with Crippen LogP contribution in [-0.4, -0.2) is 49.8 Å². The molecule has 2 saturated carbocycles. The van der Waals surface area contributed by atoms with Crippen molar-refractivity contribution < 1.29 is 9.32 Å². The molecular weight excluding hydrogens is 420 g/mol. The summed E-state index contributed by atoms with van der Waals surface area (Å²) in [4.78, 5) is 13.0. The van der Waals surface area contributed by atoms with Crippen molar-refractivity contribution in [2.24, 2.45) is 0 Å². The van der Waals surface area contributed by atoms with E-state index >= 15 is 0 Å². The molecule has 1 saturated heterocycles. The minimum Gasteiger partial charge on any atom is -0.394 e. The van der Waals surface area contributed by atoms with Crippen LogP contribution in [0.4, 0.5) is 11.8 Å². The number of nitrogens with one attached hydrogen (secondary N) is 1. The highest BCUT2D eigenvalue weighted by Gasteiger charge is 2.54. The lowest BCUT2D eigenvalue weighted by Crippen LogP contribution is -2.49. The molecule has 7 rings (SSSR count). The van der Waals surface area contributed by atoms with Gasteiger partial charge in [0, 0.05) is 24.3 Å². The number of nitrogens with zero attached hydrogens (tertiary/aromatic N) is 3. The number of piperidine rings is 1. The van der Waals surface area contributed by atoms with Gasteiger partial charge in [0.25, 0.3) is 0 Å². The molecule has 168 valence electrons. The van der Waals surface area contributed by atoms with Crippen molar-refractivity contribution in [3.8, 4) is 0 Å². The number of hydrogen-bond donors (Lipinski definition) is 2. The van der Waals surface area contributed by atoms with Crippen molar-refractivity contribution >= 4 is 22.6 Å². The molecule has 1 aromatic carbocycles. The van der Waals surface area contributed by atoms with E-state index in [4.69, 9.17) is 9.97 Å². The topological polar surface area (TPSA) is 78.3 Å². The largest absolute Gasteiger partial charge is 0.394 e. The van der Waals surface area contributed by atoms with Crippen LogP contribution < -0.4 is 10.2 Å². The Morgan fingerprint density at radius 1 is 1.16 bits per heavy atom. The second-order valence-corrected chi connectivity index (χ2v) is 12.1. The first-order valence-corrected chi connectivity index (χ1v) is 13.4. The van der Waals surface area contributed by atoms with Gasteiger partial charge >= 0.3 is 0 Å². The molecule has 3 atom stereocenters. The van der Waals surface area contributed by atoms with Crippen molar-refractivity contribution in [2.75, 3.05) is 29.9 Å². The third-order valence-corrected chi connectivity index (χ3v) is 10.5. The number of fused-ring (bicyclic) bond motifs is 4. The molecule has 0 spiro atoms. The van der Waals surface area contributed by atoms with E-state index in [1.807, 2.05) is 0 Å². The molecule has 3 fully saturated rings. The zero-order valence-electron chi connectivity index (χ0n) is 18.3. The highest BCUT2D eigenvalue weighted by atomic mass is 32.2. The zero-order valence-corrected chi connectivity index (χ0v) is 19.2. The first-order chi connectivity index (χ1) is 15.6. The Kier molecular flexibility index (Phi) is 4.26. The molecule has 0 radical (unpaired) electrons. The molecule has 32 heavy (non-hydrogen) atoms. The summed E-state index contributed by atoms with van der Waals surface area (Å²) < 4.78 is 13.0. The molecule has 2 N–H and O–H groups in total. The van der Waals surface area contributed by atoms with Crippen LogP contribution in [0.15, 0.2) is 23.1 Å². The summed E-state index contributed by atoms with van der Waals surface area (Å²) >= 11 is 0. The van der Waals surface area contributed by atoms with Gasteiger partial charge in [-0.1, -0.05) is 18.2 Å². The molecule has 2 unspecified atom stereocenters. The molecule has 3 heterocycles. The summed E-state index contributed by atoms with van der Waals surface area (Å²) in [6.45, 7) is 1.98. The van der Waals surface area contributed by atoms with Crippen LogP contribution in [0.1, 0.15) is 72.7 Å². The highest BCUT2D eigenvalue weighted by Crippen LogP contribution is 2.56. The lowest BCUT2D eigenvalue weighted by Gasteiger charge is -2.42. The van der Waals surface area contributed by atoms with Gasteiger partial charge in [-0.3, -0.25) is 4.21 Å². The summed E-state index contributed by atoms with van der Waals surface area (Å²) in [6.07, 6.45) is 8.66. The minimum absolute atomic E-state index is 0.0901. The predicted molar refractivity (Wildman–Crippen MR) is 125 cm³/mol. The van der Waals surface area contributed by atoms with E-state index in [0.29, 0.717) is 17.7 Å². The predicted octanol–water partition coefficient (Wildman–Crippen LogP) is 3.26. The van der Waals surface area contributed by atoms with Crippen molar-refractivity contribution in [2.45, 2.75) is 78.9 Å². The molecule has 5 aliphatic rings. The number of aliphatic hydroxyl groups excluding tert-OH is 1. The number of aliphatic hydroxyl groups is 1. The first-order valence-electron chi connectivity index (χ1n) is 12.2. The molecule has 0 amide bonds. The summed E-state index contributed by atoms with van der Waals surface area (Å²) in [5, 5.41) is 13.7. The summed E-state index contributed by atoms with van der Waals surface area (Å²) in [6, 6.07) is 7.09. The van der Waals surface area contributed by atoms with E-state index in [1.165, 1.54) is 24.0 Å². The van der Waals surface area contributed by atoms with Gasteiger partial charge in [0.1, 0.15) is 10.7 Å². The third kappa shape index (κ3) is 2.90. The maximum atomic E-state index is 13.0. The van der Waals surface area contributed by atoms with Gasteiger partial charge in [-0.2, -0.15) is 4.98 Å². The van der Waals surface area contributed by atoms with Crippen molar-refractivity contribution in [1.82, 2.24) is 9.97 Å². The normalized spacial score (nSPS) is 29.4. The number of rotatable bonds is 5. The zero-order chi connectivity index (χ0) is 21.4. The Bertz CT molecular complexity index is 1120. The Hall–Kier alpha value is -1.99. The van der Waals surface area contributed by atoms with Crippen molar-refractivity contribution in [1.29, 1.82) is 0 Å². The Balaban J connectivity index is 1.15. The fourth-order valence-corrected chi connectivity index (χ4v) is 7.84. The van der Waals surface area contributed by atoms with Gasteiger partial charge in [-0.25, -0.2) is 4.98 Å². The van der Waals surface area contributed by atoms with Gasteiger partial charge in [-0.05, 0) is 74.0 Å². The van der Waals surface area contributed by atoms with Crippen molar-refractivity contribution in [3.63, 3.8) is 0 Å². The number of hydrogen-bond acceptors (Lipinski definition) is 6. The fourth-order valence-electron chi connectivity index (χ4n) is 6.04. The van der Waals surface area contributed by atoms with E-state index in [9.17, 15) is 9.32 Å². The number of aryl methyl sites for hydroxylation is 2.